The molecule has 0 spiro atoms. The van der Waals surface area contributed by atoms with Crippen LogP contribution in [0.15, 0.2) is 67.0 Å². The number of alkyl halides is 1. The lowest BCUT2D eigenvalue weighted by atomic mass is 10.2. The van der Waals surface area contributed by atoms with Gasteiger partial charge in [0.2, 0.25) is 17.7 Å². The van der Waals surface area contributed by atoms with Gasteiger partial charge in [0, 0.05) is 24.9 Å². The summed E-state index contributed by atoms with van der Waals surface area (Å²) < 4.78 is 23.7. The molecule has 0 aliphatic carbocycles. The Balaban J connectivity index is 1.91. The minimum atomic E-state index is -0.621. The lowest BCUT2D eigenvalue weighted by Gasteiger charge is -2.23. The Bertz CT molecular complexity index is 922. The molecule has 28 heavy (non-hydrogen) atoms. The van der Waals surface area contributed by atoms with Crippen LogP contribution in [0.2, 0.25) is 0 Å². The number of pyridine rings is 2. The number of ether oxygens (including phenoxy) is 2. The summed E-state index contributed by atoms with van der Waals surface area (Å²) in [6, 6.07) is 16.2. The third kappa shape index (κ3) is 4.82. The van der Waals surface area contributed by atoms with Crippen molar-refractivity contribution in [3.63, 3.8) is 0 Å². The van der Waals surface area contributed by atoms with Crippen LogP contribution in [0.4, 0.5) is 10.1 Å². The van der Waals surface area contributed by atoms with E-state index in [9.17, 15) is 9.18 Å². The monoisotopic (exact) mass is 381 g/mol. The maximum atomic E-state index is 12.5. The largest absolute Gasteiger partial charge is 0.475 e. The highest BCUT2D eigenvalue weighted by molar-refractivity contribution is 5.92. The summed E-state index contributed by atoms with van der Waals surface area (Å²) in [7, 11) is 0. The molecule has 0 fully saturated rings. The van der Waals surface area contributed by atoms with Gasteiger partial charge in [-0.05, 0) is 30.3 Å². The summed E-state index contributed by atoms with van der Waals surface area (Å²) in [5.74, 6) is 1.00. The van der Waals surface area contributed by atoms with Crippen molar-refractivity contribution in [3.8, 4) is 17.5 Å². The molecule has 0 unspecified atom stereocenters. The summed E-state index contributed by atoms with van der Waals surface area (Å²) in [5.41, 5.74) is 1.17. The van der Waals surface area contributed by atoms with Gasteiger partial charge < -0.3 is 14.4 Å². The second kappa shape index (κ2) is 9.45. The molecule has 1 aromatic carbocycles. The SMILES string of the molecule is CC(=O)N(Cc1cccnc1OCCF)c1cccnc1Oc1ccccc1. The average molecular weight is 381 g/mol. The van der Waals surface area contributed by atoms with Gasteiger partial charge in [0.25, 0.3) is 0 Å². The first-order valence-electron chi connectivity index (χ1n) is 8.77. The molecule has 3 rings (SSSR count). The van der Waals surface area contributed by atoms with Gasteiger partial charge in [-0.2, -0.15) is 0 Å². The Morgan fingerprint density at radius 3 is 2.43 bits per heavy atom. The number of para-hydroxylation sites is 1. The van der Waals surface area contributed by atoms with Gasteiger partial charge in [0.1, 0.15) is 24.7 Å². The molecule has 6 nitrogen and oxygen atoms in total. The number of hydrogen-bond acceptors (Lipinski definition) is 5. The van der Waals surface area contributed by atoms with Gasteiger partial charge in [-0.3, -0.25) is 4.79 Å². The van der Waals surface area contributed by atoms with Crippen LogP contribution in [-0.4, -0.2) is 29.2 Å². The smallest absolute Gasteiger partial charge is 0.243 e. The fraction of sp³-hybridized carbons (Fsp3) is 0.190. The van der Waals surface area contributed by atoms with E-state index < -0.39 is 6.67 Å². The lowest BCUT2D eigenvalue weighted by Crippen LogP contribution is -2.28. The topological polar surface area (TPSA) is 64.6 Å². The second-order valence-corrected chi connectivity index (χ2v) is 5.85. The van der Waals surface area contributed by atoms with E-state index in [0.717, 1.165) is 0 Å². The molecule has 0 N–H and O–H groups in total. The molecule has 3 aromatic rings. The van der Waals surface area contributed by atoms with E-state index in [1.54, 1.807) is 48.8 Å². The van der Waals surface area contributed by atoms with Gasteiger partial charge in [-0.1, -0.05) is 24.3 Å². The van der Waals surface area contributed by atoms with E-state index in [1.165, 1.54) is 11.8 Å². The van der Waals surface area contributed by atoms with E-state index >= 15 is 0 Å². The molecule has 0 saturated carbocycles. The summed E-state index contributed by atoms with van der Waals surface area (Å²) in [5, 5.41) is 0. The molecule has 0 radical (unpaired) electrons. The number of rotatable bonds is 8. The number of hydrogen-bond donors (Lipinski definition) is 0. The summed E-state index contributed by atoms with van der Waals surface area (Å²) in [6.07, 6.45) is 3.16. The van der Waals surface area contributed by atoms with Crippen molar-refractivity contribution in [2.75, 3.05) is 18.2 Å². The number of amides is 1. The van der Waals surface area contributed by atoms with Crippen molar-refractivity contribution >= 4 is 11.6 Å². The molecule has 0 aliphatic heterocycles. The predicted molar refractivity (Wildman–Crippen MR) is 103 cm³/mol. The van der Waals surface area contributed by atoms with E-state index in [0.29, 0.717) is 28.8 Å². The molecule has 2 heterocycles. The van der Waals surface area contributed by atoms with Gasteiger partial charge in [0.05, 0.1) is 6.54 Å². The first-order chi connectivity index (χ1) is 13.7. The fourth-order valence-electron chi connectivity index (χ4n) is 2.61. The van der Waals surface area contributed by atoms with Crippen molar-refractivity contribution in [3.05, 3.63) is 72.6 Å². The molecule has 7 heteroatoms. The minimum Gasteiger partial charge on any atom is -0.475 e. The lowest BCUT2D eigenvalue weighted by molar-refractivity contribution is -0.116. The van der Waals surface area contributed by atoms with E-state index in [4.69, 9.17) is 9.47 Å². The van der Waals surface area contributed by atoms with Crippen molar-refractivity contribution < 1.29 is 18.7 Å². The number of carbonyl (C=O) groups is 1. The second-order valence-electron chi connectivity index (χ2n) is 5.85. The molecule has 1 amide bonds. The van der Waals surface area contributed by atoms with Crippen molar-refractivity contribution in [1.29, 1.82) is 0 Å². The van der Waals surface area contributed by atoms with Crippen LogP contribution in [0.5, 0.6) is 17.5 Å². The van der Waals surface area contributed by atoms with E-state index in [1.807, 2.05) is 18.2 Å². The number of halogens is 1. The van der Waals surface area contributed by atoms with Crippen LogP contribution in [0, 0.1) is 0 Å². The third-order valence-electron chi connectivity index (χ3n) is 3.87. The van der Waals surface area contributed by atoms with E-state index in [-0.39, 0.29) is 19.1 Å². The number of carbonyl (C=O) groups excluding carboxylic acids is 1. The van der Waals surface area contributed by atoms with Gasteiger partial charge >= 0.3 is 0 Å². The fourth-order valence-corrected chi connectivity index (χ4v) is 2.61. The van der Waals surface area contributed by atoms with Crippen molar-refractivity contribution in [1.82, 2.24) is 9.97 Å². The molecular formula is C21H20FN3O3. The minimum absolute atomic E-state index is 0.0979. The first-order valence-corrected chi connectivity index (χ1v) is 8.77. The quantitative estimate of drug-likeness (QED) is 0.586. The number of benzene rings is 1. The highest BCUT2D eigenvalue weighted by Crippen LogP contribution is 2.32. The third-order valence-corrected chi connectivity index (χ3v) is 3.87. The molecule has 0 atom stereocenters. The van der Waals surface area contributed by atoms with Crippen LogP contribution in [-0.2, 0) is 11.3 Å². The van der Waals surface area contributed by atoms with Crippen molar-refractivity contribution in [2.24, 2.45) is 0 Å². The maximum Gasteiger partial charge on any atom is 0.243 e. The molecular weight excluding hydrogens is 361 g/mol. The zero-order valence-electron chi connectivity index (χ0n) is 15.4. The summed E-state index contributed by atoms with van der Waals surface area (Å²) >= 11 is 0. The van der Waals surface area contributed by atoms with Crippen molar-refractivity contribution in [2.45, 2.75) is 13.5 Å². The van der Waals surface area contributed by atoms with Gasteiger partial charge in [-0.15, -0.1) is 0 Å². The van der Waals surface area contributed by atoms with Crippen LogP contribution < -0.4 is 14.4 Å². The molecule has 0 bridgehead atoms. The van der Waals surface area contributed by atoms with Crippen LogP contribution in [0.1, 0.15) is 12.5 Å². The molecule has 2 aromatic heterocycles. The number of anilines is 1. The Labute approximate surface area is 162 Å². The Morgan fingerprint density at radius 2 is 1.71 bits per heavy atom. The summed E-state index contributed by atoms with van der Waals surface area (Å²) in [6.45, 7) is 0.919. The molecule has 144 valence electrons. The molecule has 0 saturated heterocycles. The maximum absolute atomic E-state index is 12.5. The zero-order chi connectivity index (χ0) is 19.8. The van der Waals surface area contributed by atoms with Crippen LogP contribution in [0.25, 0.3) is 0 Å². The van der Waals surface area contributed by atoms with E-state index in [2.05, 4.69) is 9.97 Å². The highest BCUT2D eigenvalue weighted by atomic mass is 19.1. The number of aromatic nitrogens is 2. The summed E-state index contributed by atoms with van der Waals surface area (Å²) in [4.78, 5) is 22.3. The molecule has 0 aliphatic rings. The predicted octanol–water partition coefficient (Wildman–Crippen LogP) is 4.17. The highest BCUT2D eigenvalue weighted by Gasteiger charge is 2.20. The Morgan fingerprint density at radius 1 is 1.00 bits per heavy atom. The normalized spacial score (nSPS) is 10.4. The van der Waals surface area contributed by atoms with Gasteiger partial charge in [0.15, 0.2) is 0 Å². The van der Waals surface area contributed by atoms with Crippen LogP contribution >= 0.6 is 0 Å². The van der Waals surface area contributed by atoms with Gasteiger partial charge in [-0.25, -0.2) is 14.4 Å². The zero-order valence-corrected chi connectivity index (χ0v) is 15.4. The average Bonchev–Trinajstić information content (AvgIpc) is 2.72. The van der Waals surface area contributed by atoms with Crippen LogP contribution in [0.3, 0.4) is 0 Å². The Hall–Kier alpha value is -3.48. The standard InChI is InChI=1S/C21H20FN3O3/c1-16(26)25(15-17-7-5-12-23-20(17)27-14-11-22)19-10-6-13-24-21(19)28-18-8-3-2-4-9-18/h2-10,12-13H,11,14-15H2,1H3. The first kappa shape index (κ1) is 19.3. The Kier molecular flexibility index (Phi) is 6.51. The number of nitrogens with zero attached hydrogens (tertiary/aromatic N) is 3.